The lowest BCUT2D eigenvalue weighted by atomic mass is 10.1. The van der Waals surface area contributed by atoms with Crippen molar-refractivity contribution in [3.05, 3.63) is 95.6 Å². The molecule has 6 nitrogen and oxygen atoms in total. The van der Waals surface area contributed by atoms with Crippen molar-refractivity contribution in [1.82, 2.24) is 0 Å². The van der Waals surface area contributed by atoms with Crippen LogP contribution in [0.15, 0.2) is 78.9 Å². The van der Waals surface area contributed by atoms with Crippen LogP contribution in [0.4, 0.5) is 0 Å². The van der Waals surface area contributed by atoms with Gasteiger partial charge in [0.1, 0.15) is 17.1 Å². The van der Waals surface area contributed by atoms with Crippen molar-refractivity contribution in [2.24, 2.45) is 0 Å². The van der Waals surface area contributed by atoms with Crippen LogP contribution in [0.25, 0.3) is 0 Å². The van der Waals surface area contributed by atoms with E-state index in [0.717, 1.165) is 0 Å². The molecule has 0 heterocycles. The van der Waals surface area contributed by atoms with Gasteiger partial charge in [-0.2, -0.15) is 0 Å². The molecular formula is C22H16O6. The van der Waals surface area contributed by atoms with Crippen LogP contribution in [0.1, 0.15) is 31.1 Å². The SMILES string of the molecule is COC(=O)c1cc(OC(=O)c2ccccc2)ccc1OC(=O)c1ccccc1. The Hall–Kier alpha value is -3.93. The van der Waals surface area contributed by atoms with Crippen LogP contribution in [0.2, 0.25) is 0 Å². The minimum absolute atomic E-state index is 0.000197. The molecule has 28 heavy (non-hydrogen) atoms. The van der Waals surface area contributed by atoms with Gasteiger partial charge in [-0.25, -0.2) is 14.4 Å². The van der Waals surface area contributed by atoms with Crippen molar-refractivity contribution in [3.8, 4) is 11.5 Å². The Bertz CT molecular complexity index is 996. The summed E-state index contributed by atoms with van der Waals surface area (Å²) in [6.45, 7) is 0. The average Bonchev–Trinajstić information content (AvgIpc) is 2.75. The molecule has 0 fully saturated rings. The number of hydrogen-bond donors (Lipinski definition) is 0. The van der Waals surface area contributed by atoms with E-state index >= 15 is 0 Å². The van der Waals surface area contributed by atoms with E-state index in [9.17, 15) is 14.4 Å². The van der Waals surface area contributed by atoms with Gasteiger partial charge >= 0.3 is 17.9 Å². The fourth-order valence-corrected chi connectivity index (χ4v) is 2.40. The molecule has 3 rings (SSSR count). The van der Waals surface area contributed by atoms with E-state index < -0.39 is 17.9 Å². The standard InChI is InChI=1S/C22H16O6/c1-26-22(25)18-14-17(27-20(23)15-8-4-2-5-9-15)12-13-19(18)28-21(24)16-10-6-3-7-11-16/h2-14H,1H3. The smallest absolute Gasteiger partial charge is 0.343 e. The molecule has 0 radical (unpaired) electrons. The molecule has 3 aromatic carbocycles. The van der Waals surface area contributed by atoms with E-state index in [2.05, 4.69) is 0 Å². The third-order valence-corrected chi connectivity index (χ3v) is 3.79. The van der Waals surface area contributed by atoms with Crippen LogP contribution in [0, 0.1) is 0 Å². The Kier molecular flexibility index (Phi) is 5.81. The highest BCUT2D eigenvalue weighted by Gasteiger charge is 2.19. The molecule has 0 saturated heterocycles. The van der Waals surface area contributed by atoms with Crippen molar-refractivity contribution in [2.45, 2.75) is 0 Å². The number of hydrogen-bond acceptors (Lipinski definition) is 6. The molecule has 3 aromatic rings. The monoisotopic (exact) mass is 376 g/mol. The summed E-state index contributed by atoms with van der Waals surface area (Å²) in [6.07, 6.45) is 0. The van der Waals surface area contributed by atoms with Gasteiger partial charge in [-0.3, -0.25) is 0 Å². The number of ether oxygens (including phenoxy) is 3. The Morgan fingerprint density at radius 1 is 0.643 bits per heavy atom. The van der Waals surface area contributed by atoms with Crippen LogP contribution < -0.4 is 9.47 Å². The van der Waals surface area contributed by atoms with Crippen LogP contribution >= 0.6 is 0 Å². The van der Waals surface area contributed by atoms with Gasteiger partial charge in [0.2, 0.25) is 0 Å². The molecule has 140 valence electrons. The molecule has 0 bridgehead atoms. The maximum atomic E-state index is 12.3. The Morgan fingerprint density at radius 2 is 1.18 bits per heavy atom. The molecule has 0 unspecified atom stereocenters. The minimum Gasteiger partial charge on any atom is -0.465 e. The topological polar surface area (TPSA) is 78.9 Å². The van der Waals surface area contributed by atoms with Crippen molar-refractivity contribution in [2.75, 3.05) is 7.11 Å². The molecule has 0 aliphatic carbocycles. The van der Waals surface area contributed by atoms with Gasteiger partial charge in [0.05, 0.1) is 18.2 Å². The fourth-order valence-electron chi connectivity index (χ4n) is 2.40. The number of methoxy groups -OCH3 is 1. The van der Waals surface area contributed by atoms with Crippen LogP contribution in [0.3, 0.4) is 0 Å². The maximum absolute atomic E-state index is 12.3. The summed E-state index contributed by atoms with van der Waals surface area (Å²) in [5.74, 6) is -1.81. The maximum Gasteiger partial charge on any atom is 0.343 e. The van der Waals surface area contributed by atoms with Crippen molar-refractivity contribution in [3.63, 3.8) is 0 Å². The zero-order valence-electron chi connectivity index (χ0n) is 15.0. The van der Waals surface area contributed by atoms with E-state index in [0.29, 0.717) is 11.1 Å². The van der Waals surface area contributed by atoms with Gasteiger partial charge in [-0.1, -0.05) is 36.4 Å². The molecule has 0 aliphatic heterocycles. The number of benzene rings is 3. The third-order valence-electron chi connectivity index (χ3n) is 3.79. The Balaban J connectivity index is 1.84. The first-order chi connectivity index (χ1) is 13.6. The van der Waals surface area contributed by atoms with Gasteiger partial charge < -0.3 is 14.2 Å². The summed E-state index contributed by atoms with van der Waals surface area (Å²) in [4.78, 5) is 36.6. The summed E-state index contributed by atoms with van der Waals surface area (Å²) in [6, 6.07) is 20.9. The number of esters is 3. The van der Waals surface area contributed by atoms with Crippen LogP contribution in [0.5, 0.6) is 11.5 Å². The highest BCUT2D eigenvalue weighted by atomic mass is 16.5. The summed E-state index contributed by atoms with van der Waals surface area (Å²) in [7, 11) is 1.20. The van der Waals surface area contributed by atoms with Crippen LogP contribution in [-0.4, -0.2) is 25.0 Å². The molecule has 0 amide bonds. The van der Waals surface area contributed by atoms with E-state index in [1.165, 1.54) is 25.3 Å². The van der Waals surface area contributed by atoms with Gasteiger partial charge in [0, 0.05) is 0 Å². The van der Waals surface area contributed by atoms with E-state index in [-0.39, 0.29) is 17.1 Å². The van der Waals surface area contributed by atoms with E-state index in [1.807, 2.05) is 0 Å². The highest BCUT2D eigenvalue weighted by Crippen LogP contribution is 2.26. The molecule has 0 spiro atoms. The number of rotatable bonds is 5. The van der Waals surface area contributed by atoms with Gasteiger partial charge in [-0.05, 0) is 42.5 Å². The molecular weight excluding hydrogens is 360 g/mol. The summed E-state index contributed by atoms with van der Waals surface area (Å²) < 4.78 is 15.4. The van der Waals surface area contributed by atoms with E-state index in [1.54, 1.807) is 60.7 Å². The lowest BCUT2D eigenvalue weighted by Gasteiger charge is -2.11. The first kappa shape index (κ1) is 18.8. The molecule has 0 N–H and O–H groups in total. The average molecular weight is 376 g/mol. The first-order valence-corrected chi connectivity index (χ1v) is 8.35. The Morgan fingerprint density at radius 3 is 1.71 bits per heavy atom. The van der Waals surface area contributed by atoms with Gasteiger partial charge in [-0.15, -0.1) is 0 Å². The summed E-state index contributed by atoms with van der Waals surface area (Å²) in [5, 5.41) is 0. The Labute approximate surface area is 161 Å². The van der Waals surface area contributed by atoms with Crippen molar-refractivity contribution in [1.29, 1.82) is 0 Å². The summed E-state index contributed by atoms with van der Waals surface area (Å²) in [5.41, 5.74) is 0.657. The second kappa shape index (κ2) is 8.64. The van der Waals surface area contributed by atoms with Gasteiger partial charge in [0.25, 0.3) is 0 Å². The molecule has 0 aromatic heterocycles. The fraction of sp³-hybridized carbons (Fsp3) is 0.0455. The second-order valence-electron chi connectivity index (χ2n) is 5.66. The van der Waals surface area contributed by atoms with Crippen molar-refractivity contribution < 1.29 is 28.6 Å². The zero-order valence-corrected chi connectivity index (χ0v) is 15.0. The predicted molar refractivity (Wildman–Crippen MR) is 101 cm³/mol. The summed E-state index contributed by atoms with van der Waals surface area (Å²) >= 11 is 0. The van der Waals surface area contributed by atoms with E-state index in [4.69, 9.17) is 14.2 Å². The molecule has 0 aliphatic rings. The minimum atomic E-state index is -0.728. The lowest BCUT2D eigenvalue weighted by molar-refractivity contribution is 0.0589. The number of carbonyl (C=O) groups excluding carboxylic acids is 3. The zero-order chi connectivity index (χ0) is 19.9. The van der Waals surface area contributed by atoms with Crippen molar-refractivity contribution >= 4 is 17.9 Å². The molecule has 0 saturated carbocycles. The molecule has 0 atom stereocenters. The molecule has 6 heteroatoms. The lowest BCUT2D eigenvalue weighted by Crippen LogP contribution is -2.13. The van der Waals surface area contributed by atoms with Crippen LogP contribution in [-0.2, 0) is 4.74 Å². The third kappa shape index (κ3) is 4.42. The normalized spacial score (nSPS) is 10.0. The second-order valence-corrected chi connectivity index (χ2v) is 5.66. The highest BCUT2D eigenvalue weighted by molar-refractivity contribution is 5.97. The first-order valence-electron chi connectivity index (χ1n) is 8.35. The largest absolute Gasteiger partial charge is 0.465 e. The quantitative estimate of drug-likeness (QED) is 0.496. The predicted octanol–water partition coefficient (Wildman–Crippen LogP) is 3.91. The number of carbonyl (C=O) groups is 3. The van der Waals surface area contributed by atoms with Gasteiger partial charge in [0.15, 0.2) is 0 Å².